The number of hydrogen-bond donors (Lipinski definition) is 0. The van der Waals surface area contributed by atoms with Gasteiger partial charge < -0.3 is 0 Å². The van der Waals surface area contributed by atoms with Crippen molar-refractivity contribution in [1.82, 2.24) is 24.8 Å². The van der Waals surface area contributed by atoms with Crippen molar-refractivity contribution in [3.8, 4) is 11.3 Å². The molecule has 1 aromatic heterocycles. The maximum atomic E-state index is 4.57. The molecule has 3 heterocycles. The Morgan fingerprint density at radius 1 is 0.923 bits per heavy atom. The minimum Gasteiger partial charge on any atom is -0.295 e. The van der Waals surface area contributed by atoms with E-state index >= 15 is 0 Å². The molecule has 2 aliphatic heterocycles. The van der Waals surface area contributed by atoms with Gasteiger partial charge in [0, 0.05) is 37.8 Å². The van der Waals surface area contributed by atoms with E-state index in [1.54, 1.807) is 0 Å². The van der Waals surface area contributed by atoms with Gasteiger partial charge in [-0.1, -0.05) is 65.9 Å². The van der Waals surface area contributed by atoms with Crippen molar-refractivity contribution >= 4 is 0 Å². The van der Waals surface area contributed by atoms with Crippen LogP contribution in [0.5, 0.6) is 0 Å². The van der Waals surface area contributed by atoms with Crippen molar-refractivity contribution in [3.63, 3.8) is 0 Å². The Kier molecular flexibility index (Phi) is 3.84. The molecule has 5 nitrogen and oxygen atoms in total. The molecule has 3 aromatic rings. The van der Waals surface area contributed by atoms with Crippen LogP contribution >= 0.6 is 0 Å². The maximum absolute atomic E-state index is 4.57. The highest BCUT2D eigenvalue weighted by Crippen LogP contribution is 2.35. The Labute approximate surface area is 153 Å². The zero-order valence-electron chi connectivity index (χ0n) is 15.0. The highest BCUT2D eigenvalue weighted by molar-refractivity contribution is 5.61. The number of rotatable bonds is 3. The van der Waals surface area contributed by atoms with E-state index in [0.717, 1.165) is 37.4 Å². The average Bonchev–Trinajstić information content (AvgIpc) is 3.28. The number of fused-ring (bicyclic) bond motifs is 3. The number of benzene rings is 2. The second-order valence-electron chi connectivity index (χ2n) is 7.42. The molecule has 26 heavy (non-hydrogen) atoms. The zero-order chi connectivity index (χ0) is 17.5. The quantitative estimate of drug-likeness (QED) is 0.731. The van der Waals surface area contributed by atoms with Gasteiger partial charge in [0.25, 0.3) is 0 Å². The minimum absolute atomic E-state index is 0.373. The lowest BCUT2D eigenvalue weighted by Gasteiger charge is -2.34. The fraction of sp³-hybridized carbons (Fsp3) is 0.333. The molecular weight excluding hydrogens is 322 g/mol. The third kappa shape index (κ3) is 2.64. The predicted octanol–water partition coefficient (Wildman–Crippen LogP) is 2.82. The normalized spacial score (nSPS) is 23.0. The summed E-state index contributed by atoms with van der Waals surface area (Å²) in [7, 11) is 2.23. The number of hydrogen-bond acceptors (Lipinski definition) is 4. The van der Waals surface area contributed by atoms with Crippen LogP contribution in [0.2, 0.25) is 0 Å². The standard InChI is InChI=1S/C21H23N5/c1-24-13-20-21(17-10-6-3-7-11-17)22-23-26(20)19-15-25(14-18(19)24)12-16-8-4-2-5-9-16/h2-11,18-19H,12-15H2,1H3/t18-,19-/m1/s1. The van der Waals surface area contributed by atoms with Crippen molar-refractivity contribution in [2.24, 2.45) is 0 Å². The minimum atomic E-state index is 0.373. The molecule has 0 bridgehead atoms. The third-order valence-electron chi connectivity index (χ3n) is 5.70. The van der Waals surface area contributed by atoms with E-state index in [4.69, 9.17) is 0 Å². The summed E-state index contributed by atoms with van der Waals surface area (Å²) in [6.45, 7) is 4.00. The average molecular weight is 345 g/mol. The molecule has 0 spiro atoms. The van der Waals surface area contributed by atoms with Crippen LogP contribution in [-0.4, -0.2) is 51.0 Å². The van der Waals surface area contributed by atoms with Crippen LogP contribution in [0.4, 0.5) is 0 Å². The van der Waals surface area contributed by atoms with Gasteiger partial charge in [-0.05, 0) is 12.6 Å². The first-order valence-corrected chi connectivity index (χ1v) is 9.25. The van der Waals surface area contributed by atoms with E-state index in [2.05, 4.69) is 86.4 Å². The summed E-state index contributed by atoms with van der Waals surface area (Å²) in [5, 5.41) is 9.10. The van der Waals surface area contributed by atoms with E-state index in [-0.39, 0.29) is 0 Å². The number of aromatic nitrogens is 3. The van der Waals surface area contributed by atoms with Gasteiger partial charge in [0.1, 0.15) is 5.69 Å². The predicted molar refractivity (Wildman–Crippen MR) is 101 cm³/mol. The fourth-order valence-corrected chi connectivity index (χ4v) is 4.39. The Hall–Kier alpha value is -2.50. The third-order valence-corrected chi connectivity index (χ3v) is 5.70. The summed E-state index contributed by atoms with van der Waals surface area (Å²) in [5.74, 6) is 0. The molecule has 0 unspecified atom stereocenters. The number of nitrogens with zero attached hydrogens (tertiary/aromatic N) is 5. The van der Waals surface area contributed by atoms with Crippen LogP contribution in [0.1, 0.15) is 17.3 Å². The topological polar surface area (TPSA) is 37.2 Å². The molecule has 2 aliphatic rings. The lowest BCUT2D eigenvalue weighted by atomic mass is 10.0. The lowest BCUT2D eigenvalue weighted by molar-refractivity contribution is 0.155. The fourth-order valence-electron chi connectivity index (χ4n) is 4.39. The Bertz CT molecular complexity index is 889. The van der Waals surface area contributed by atoms with Crippen LogP contribution in [0, 0.1) is 0 Å². The first kappa shape index (κ1) is 15.7. The molecular formula is C21H23N5. The van der Waals surface area contributed by atoms with Crippen LogP contribution < -0.4 is 0 Å². The summed E-state index contributed by atoms with van der Waals surface area (Å²) in [5.41, 5.74) is 4.79. The van der Waals surface area contributed by atoms with Crippen LogP contribution in [0.25, 0.3) is 11.3 Å². The first-order chi connectivity index (χ1) is 12.8. The van der Waals surface area contributed by atoms with Gasteiger partial charge in [-0.15, -0.1) is 5.10 Å². The van der Waals surface area contributed by atoms with Crippen molar-refractivity contribution < 1.29 is 0 Å². The molecule has 0 saturated carbocycles. The largest absolute Gasteiger partial charge is 0.295 e. The summed E-state index contributed by atoms with van der Waals surface area (Å²) >= 11 is 0. The molecule has 0 aliphatic carbocycles. The molecule has 1 fully saturated rings. The second kappa shape index (κ2) is 6.34. The molecule has 5 rings (SSSR count). The number of likely N-dealkylation sites (N-methyl/N-ethyl adjacent to an activating group) is 1. The van der Waals surface area contributed by atoms with Crippen LogP contribution in [0.3, 0.4) is 0 Å². The van der Waals surface area contributed by atoms with Crippen molar-refractivity contribution in [1.29, 1.82) is 0 Å². The summed E-state index contributed by atoms with van der Waals surface area (Å²) in [6, 6.07) is 22.0. The molecule has 132 valence electrons. The molecule has 5 heteroatoms. The van der Waals surface area contributed by atoms with E-state index < -0.39 is 0 Å². The molecule has 0 radical (unpaired) electrons. The van der Waals surface area contributed by atoms with Gasteiger partial charge in [-0.25, -0.2) is 4.68 Å². The van der Waals surface area contributed by atoms with Crippen molar-refractivity contribution in [3.05, 3.63) is 71.9 Å². The van der Waals surface area contributed by atoms with Gasteiger partial charge in [0.05, 0.1) is 11.7 Å². The van der Waals surface area contributed by atoms with Crippen LogP contribution in [0.15, 0.2) is 60.7 Å². The van der Waals surface area contributed by atoms with Crippen molar-refractivity contribution in [2.45, 2.75) is 25.2 Å². The van der Waals surface area contributed by atoms with Crippen molar-refractivity contribution in [2.75, 3.05) is 20.1 Å². The second-order valence-corrected chi connectivity index (χ2v) is 7.42. The van der Waals surface area contributed by atoms with E-state index in [1.165, 1.54) is 11.3 Å². The van der Waals surface area contributed by atoms with Gasteiger partial charge in [-0.3, -0.25) is 9.80 Å². The molecule has 0 amide bonds. The van der Waals surface area contributed by atoms with E-state index in [1.807, 2.05) is 6.07 Å². The molecule has 2 atom stereocenters. The Balaban J connectivity index is 1.43. The summed E-state index contributed by atoms with van der Waals surface area (Å²) < 4.78 is 2.19. The zero-order valence-corrected chi connectivity index (χ0v) is 15.0. The first-order valence-electron chi connectivity index (χ1n) is 9.25. The monoisotopic (exact) mass is 345 g/mol. The van der Waals surface area contributed by atoms with E-state index in [9.17, 15) is 0 Å². The van der Waals surface area contributed by atoms with Gasteiger partial charge in [0.2, 0.25) is 0 Å². The maximum Gasteiger partial charge on any atom is 0.117 e. The summed E-state index contributed by atoms with van der Waals surface area (Å²) in [6.07, 6.45) is 0. The Morgan fingerprint density at radius 2 is 1.62 bits per heavy atom. The SMILES string of the molecule is CN1Cc2c(-c3ccccc3)nnn2[C@@H]2CN(Cc3ccccc3)C[C@H]21. The highest BCUT2D eigenvalue weighted by atomic mass is 15.5. The van der Waals surface area contributed by atoms with Gasteiger partial charge >= 0.3 is 0 Å². The molecule has 2 aromatic carbocycles. The lowest BCUT2D eigenvalue weighted by Crippen LogP contribution is -2.44. The molecule has 1 saturated heterocycles. The smallest absolute Gasteiger partial charge is 0.117 e. The highest BCUT2D eigenvalue weighted by Gasteiger charge is 2.42. The van der Waals surface area contributed by atoms with Crippen LogP contribution in [-0.2, 0) is 13.1 Å². The summed E-state index contributed by atoms with van der Waals surface area (Å²) in [4.78, 5) is 5.01. The number of likely N-dealkylation sites (tertiary alicyclic amines) is 1. The van der Waals surface area contributed by atoms with E-state index in [0.29, 0.717) is 12.1 Å². The molecule has 0 N–H and O–H groups in total. The van der Waals surface area contributed by atoms with Gasteiger partial charge in [-0.2, -0.15) is 0 Å². The van der Waals surface area contributed by atoms with Gasteiger partial charge in [0.15, 0.2) is 0 Å². The Morgan fingerprint density at radius 3 is 2.38 bits per heavy atom.